The minimum atomic E-state index is -0.133. The summed E-state index contributed by atoms with van der Waals surface area (Å²) in [6, 6.07) is 11.8. The van der Waals surface area contributed by atoms with E-state index in [4.69, 9.17) is 0 Å². The van der Waals surface area contributed by atoms with Crippen LogP contribution >= 0.6 is 0 Å². The highest BCUT2D eigenvalue weighted by atomic mass is 16.2. The van der Waals surface area contributed by atoms with Crippen LogP contribution in [0.4, 0.5) is 0 Å². The van der Waals surface area contributed by atoms with Crippen molar-refractivity contribution >= 4 is 11.6 Å². The van der Waals surface area contributed by atoms with Crippen LogP contribution in [-0.4, -0.2) is 25.7 Å². The molecule has 6 nitrogen and oxygen atoms in total. The van der Waals surface area contributed by atoms with E-state index >= 15 is 0 Å². The number of rotatable bonds is 5. The number of hydrazone groups is 1. The second-order valence-electron chi connectivity index (χ2n) is 5.54. The Hall–Kier alpha value is -3.15. The summed E-state index contributed by atoms with van der Waals surface area (Å²) in [6.45, 7) is 1.87. The van der Waals surface area contributed by atoms with Gasteiger partial charge in [0.25, 0.3) is 0 Å². The molecule has 3 aromatic rings. The summed E-state index contributed by atoms with van der Waals surface area (Å²) in [5, 5.41) is 4.19. The largest absolute Gasteiger partial charge is 0.354 e. The van der Waals surface area contributed by atoms with E-state index in [0.29, 0.717) is 6.42 Å². The third-order valence-corrected chi connectivity index (χ3v) is 3.83. The van der Waals surface area contributed by atoms with E-state index in [0.717, 1.165) is 22.7 Å². The first-order valence-corrected chi connectivity index (χ1v) is 7.65. The molecule has 0 aliphatic heterocycles. The highest BCUT2D eigenvalue weighted by Gasteiger charge is 2.06. The summed E-state index contributed by atoms with van der Waals surface area (Å²) in [5.41, 5.74) is 6.30. The molecule has 0 aliphatic rings. The molecule has 1 N–H and O–H groups in total. The molecule has 0 saturated heterocycles. The standard InChI is InChI=1S/C18H19N5O/c1-14(20-21-18(24)12-17-4-3-10-22(17)2)15-5-7-16(8-6-15)23-11-9-19-13-23/h3-11,13H,12H2,1-2H3,(H,21,24)/b20-14+. The number of nitrogens with one attached hydrogen (secondary N) is 1. The van der Waals surface area contributed by atoms with Gasteiger partial charge in [-0.25, -0.2) is 10.4 Å². The van der Waals surface area contributed by atoms with Gasteiger partial charge in [-0.1, -0.05) is 12.1 Å². The van der Waals surface area contributed by atoms with Crippen molar-refractivity contribution in [2.75, 3.05) is 0 Å². The predicted molar refractivity (Wildman–Crippen MR) is 93.0 cm³/mol. The van der Waals surface area contributed by atoms with Crippen molar-refractivity contribution in [1.82, 2.24) is 19.5 Å². The SMILES string of the molecule is C/C(=N\NC(=O)Cc1cccn1C)c1ccc(-n2ccnc2)cc1. The van der Waals surface area contributed by atoms with Gasteiger partial charge < -0.3 is 9.13 Å². The van der Waals surface area contributed by atoms with E-state index in [1.54, 1.807) is 12.5 Å². The van der Waals surface area contributed by atoms with E-state index in [1.807, 2.05) is 71.9 Å². The second-order valence-corrected chi connectivity index (χ2v) is 5.54. The fourth-order valence-electron chi connectivity index (χ4n) is 2.38. The zero-order valence-electron chi connectivity index (χ0n) is 13.7. The van der Waals surface area contributed by atoms with Crippen LogP contribution in [0.5, 0.6) is 0 Å². The van der Waals surface area contributed by atoms with Gasteiger partial charge in [0.1, 0.15) is 0 Å². The summed E-state index contributed by atoms with van der Waals surface area (Å²) in [6.07, 6.45) is 7.60. The average Bonchev–Trinajstić information content (AvgIpc) is 3.25. The van der Waals surface area contributed by atoms with Crippen molar-refractivity contribution in [1.29, 1.82) is 0 Å². The molecule has 0 saturated carbocycles. The maximum absolute atomic E-state index is 12.0. The zero-order valence-corrected chi connectivity index (χ0v) is 13.7. The van der Waals surface area contributed by atoms with Gasteiger partial charge in [0, 0.05) is 37.0 Å². The predicted octanol–water partition coefficient (Wildman–Crippen LogP) is 2.29. The number of hydrogen-bond donors (Lipinski definition) is 1. The Morgan fingerprint density at radius 2 is 2.00 bits per heavy atom. The fourth-order valence-corrected chi connectivity index (χ4v) is 2.38. The highest BCUT2D eigenvalue weighted by molar-refractivity contribution is 5.99. The van der Waals surface area contributed by atoms with Gasteiger partial charge in [0.15, 0.2) is 0 Å². The second kappa shape index (κ2) is 6.95. The lowest BCUT2D eigenvalue weighted by molar-refractivity contribution is -0.120. The molecular weight excluding hydrogens is 302 g/mol. The monoisotopic (exact) mass is 321 g/mol. The number of hydrogen-bond acceptors (Lipinski definition) is 3. The average molecular weight is 321 g/mol. The number of aromatic nitrogens is 3. The number of carbonyl (C=O) groups excluding carboxylic acids is 1. The quantitative estimate of drug-likeness (QED) is 0.579. The first-order valence-electron chi connectivity index (χ1n) is 7.65. The van der Waals surface area contributed by atoms with E-state index in [9.17, 15) is 4.79 Å². The van der Waals surface area contributed by atoms with Crippen LogP contribution in [0.2, 0.25) is 0 Å². The number of benzene rings is 1. The lowest BCUT2D eigenvalue weighted by Gasteiger charge is -2.06. The van der Waals surface area contributed by atoms with Crippen LogP contribution in [0.15, 0.2) is 66.4 Å². The Balaban J connectivity index is 1.63. The van der Waals surface area contributed by atoms with E-state index < -0.39 is 0 Å². The van der Waals surface area contributed by atoms with E-state index in [2.05, 4.69) is 15.5 Å². The summed E-state index contributed by atoms with van der Waals surface area (Å²) in [5.74, 6) is -0.133. The Morgan fingerprint density at radius 1 is 1.21 bits per heavy atom. The number of imidazole rings is 1. The maximum Gasteiger partial charge on any atom is 0.246 e. The molecule has 0 fully saturated rings. The molecule has 2 heterocycles. The molecular formula is C18H19N5O. The first-order chi connectivity index (χ1) is 11.6. The smallest absolute Gasteiger partial charge is 0.246 e. The van der Waals surface area contributed by atoms with Crippen molar-refractivity contribution in [3.8, 4) is 5.69 Å². The van der Waals surface area contributed by atoms with Crippen molar-refractivity contribution in [2.45, 2.75) is 13.3 Å². The van der Waals surface area contributed by atoms with Crippen molar-refractivity contribution in [3.05, 3.63) is 72.6 Å². The first kappa shape index (κ1) is 15.7. The highest BCUT2D eigenvalue weighted by Crippen LogP contribution is 2.10. The fraction of sp³-hybridized carbons (Fsp3) is 0.167. The summed E-state index contributed by atoms with van der Waals surface area (Å²) in [7, 11) is 1.92. The van der Waals surface area contributed by atoms with Crippen LogP contribution in [0.1, 0.15) is 18.2 Å². The van der Waals surface area contributed by atoms with E-state index in [1.165, 1.54) is 0 Å². The van der Waals surface area contributed by atoms with Crippen molar-refractivity contribution in [2.24, 2.45) is 12.1 Å². The van der Waals surface area contributed by atoms with Crippen LogP contribution in [-0.2, 0) is 18.3 Å². The molecule has 0 spiro atoms. The number of nitrogens with zero attached hydrogens (tertiary/aromatic N) is 4. The maximum atomic E-state index is 12.0. The Kier molecular flexibility index (Phi) is 4.56. The molecule has 0 bridgehead atoms. The Labute approximate surface area is 140 Å². The molecule has 122 valence electrons. The van der Waals surface area contributed by atoms with Crippen molar-refractivity contribution < 1.29 is 4.79 Å². The molecule has 0 radical (unpaired) electrons. The summed E-state index contributed by atoms with van der Waals surface area (Å²) >= 11 is 0. The number of amides is 1. The Bertz CT molecular complexity index is 844. The van der Waals surface area contributed by atoms with Gasteiger partial charge in [-0.2, -0.15) is 5.10 Å². The van der Waals surface area contributed by atoms with Gasteiger partial charge in [-0.15, -0.1) is 0 Å². The summed E-state index contributed by atoms with van der Waals surface area (Å²) < 4.78 is 3.85. The molecule has 1 amide bonds. The number of carbonyl (C=O) groups is 1. The molecule has 3 rings (SSSR count). The van der Waals surface area contributed by atoms with Crippen LogP contribution in [0, 0.1) is 0 Å². The van der Waals surface area contributed by atoms with Gasteiger partial charge >= 0.3 is 0 Å². The molecule has 2 aromatic heterocycles. The van der Waals surface area contributed by atoms with Gasteiger partial charge in [0.2, 0.25) is 5.91 Å². The van der Waals surface area contributed by atoms with Crippen LogP contribution < -0.4 is 5.43 Å². The van der Waals surface area contributed by atoms with Crippen LogP contribution in [0.25, 0.3) is 5.69 Å². The molecule has 6 heteroatoms. The van der Waals surface area contributed by atoms with Gasteiger partial charge in [-0.05, 0) is 36.8 Å². The topological polar surface area (TPSA) is 64.2 Å². The van der Waals surface area contributed by atoms with Crippen LogP contribution in [0.3, 0.4) is 0 Å². The Morgan fingerprint density at radius 3 is 2.62 bits per heavy atom. The van der Waals surface area contributed by atoms with Gasteiger partial charge in [-0.3, -0.25) is 4.79 Å². The van der Waals surface area contributed by atoms with Gasteiger partial charge in [0.05, 0.1) is 18.5 Å². The zero-order chi connectivity index (χ0) is 16.9. The molecule has 1 aromatic carbocycles. The normalized spacial score (nSPS) is 11.5. The number of aryl methyl sites for hydroxylation is 1. The minimum absolute atomic E-state index is 0.133. The molecule has 0 unspecified atom stereocenters. The molecule has 0 atom stereocenters. The third-order valence-electron chi connectivity index (χ3n) is 3.83. The summed E-state index contributed by atoms with van der Waals surface area (Å²) in [4.78, 5) is 16.0. The molecule has 24 heavy (non-hydrogen) atoms. The lowest BCUT2D eigenvalue weighted by Crippen LogP contribution is -2.22. The third kappa shape index (κ3) is 3.60. The lowest BCUT2D eigenvalue weighted by atomic mass is 10.1. The minimum Gasteiger partial charge on any atom is -0.354 e. The molecule has 0 aliphatic carbocycles. The van der Waals surface area contributed by atoms with Crippen molar-refractivity contribution in [3.63, 3.8) is 0 Å². The van der Waals surface area contributed by atoms with E-state index in [-0.39, 0.29) is 5.91 Å².